The zero-order valence-electron chi connectivity index (χ0n) is 27.6. The molecule has 0 aliphatic heterocycles. The molecule has 0 saturated heterocycles. The maximum absolute atomic E-state index is 6.47. The van der Waals surface area contributed by atoms with Crippen molar-refractivity contribution in [1.29, 1.82) is 0 Å². The van der Waals surface area contributed by atoms with Crippen LogP contribution >= 0.6 is 11.3 Å². The Balaban J connectivity index is 1.17. The van der Waals surface area contributed by atoms with Crippen molar-refractivity contribution in [2.75, 3.05) is 0 Å². The average molecular weight is 683 g/mol. The number of oxazole rings is 1. The number of thiophene rings is 1. The molecule has 0 radical (unpaired) electrons. The fourth-order valence-corrected chi connectivity index (χ4v) is 8.72. The zero-order valence-corrected chi connectivity index (χ0v) is 28.4. The lowest BCUT2D eigenvalue weighted by Gasteiger charge is -2.12. The maximum atomic E-state index is 6.47. The summed E-state index contributed by atoms with van der Waals surface area (Å²) in [5.41, 5.74) is 5.43. The van der Waals surface area contributed by atoms with Crippen LogP contribution in [0.5, 0.6) is 0 Å². The minimum absolute atomic E-state index is 0.606. The highest BCUT2D eigenvalue weighted by molar-refractivity contribution is 7.26. The molecule has 52 heavy (non-hydrogen) atoms. The van der Waals surface area contributed by atoms with Crippen LogP contribution in [0.1, 0.15) is 0 Å². The Hall–Kier alpha value is -6.76. The first-order chi connectivity index (χ1) is 25.8. The summed E-state index contributed by atoms with van der Waals surface area (Å²) >= 11 is 1.78. The van der Waals surface area contributed by atoms with Gasteiger partial charge in [0, 0.05) is 53.2 Å². The van der Waals surface area contributed by atoms with Gasteiger partial charge in [-0.25, -0.2) is 19.9 Å². The lowest BCUT2D eigenvalue weighted by atomic mass is 9.98. The SMILES string of the molecule is c1ccc(-c2nc3c4ccc(-c5nc(-c6cccc7ccccc67)nc(-c6cccc7c6sc6ccccc67)n5)cc4c4ccccc4c3o2)cc1. The third-order valence-corrected chi connectivity index (χ3v) is 11.2. The molecule has 0 atom stereocenters. The van der Waals surface area contributed by atoms with Crippen LogP contribution in [0.25, 0.3) is 109 Å². The van der Waals surface area contributed by atoms with Crippen molar-refractivity contribution in [3.05, 3.63) is 158 Å². The Labute approximate surface area is 301 Å². The van der Waals surface area contributed by atoms with E-state index in [0.717, 1.165) is 70.4 Å². The second-order valence-corrected chi connectivity index (χ2v) is 14.0. The van der Waals surface area contributed by atoms with Gasteiger partial charge in [-0.05, 0) is 51.9 Å². The van der Waals surface area contributed by atoms with Gasteiger partial charge >= 0.3 is 0 Å². The van der Waals surface area contributed by atoms with Crippen LogP contribution < -0.4 is 0 Å². The molecule has 5 nitrogen and oxygen atoms in total. The van der Waals surface area contributed by atoms with E-state index in [9.17, 15) is 0 Å². The molecule has 0 aliphatic carbocycles. The van der Waals surface area contributed by atoms with Crippen LogP contribution in [0.2, 0.25) is 0 Å². The molecule has 0 unspecified atom stereocenters. The molecule has 242 valence electrons. The summed E-state index contributed by atoms with van der Waals surface area (Å²) < 4.78 is 8.87. The number of rotatable bonds is 4. The van der Waals surface area contributed by atoms with Crippen LogP contribution in [0.3, 0.4) is 0 Å². The predicted molar refractivity (Wildman–Crippen MR) is 215 cm³/mol. The molecule has 3 aromatic heterocycles. The molecule has 0 fully saturated rings. The number of hydrogen-bond acceptors (Lipinski definition) is 6. The fourth-order valence-electron chi connectivity index (χ4n) is 7.51. The molecule has 0 spiro atoms. The number of fused-ring (bicyclic) bond motifs is 10. The van der Waals surface area contributed by atoms with Crippen molar-refractivity contribution >= 4 is 74.9 Å². The van der Waals surface area contributed by atoms with E-state index in [4.69, 9.17) is 24.4 Å². The Morgan fingerprint density at radius 3 is 1.94 bits per heavy atom. The lowest BCUT2D eigenvalue weighted by Crippen LogP contribution is -2.00. The molecule has 0 N–H and O–H groups in total. The summed E-state index contributed by atoms with van der Waals surface area (Å²) in [5.74, 6) is 2.51. The smallest absolute Gasteiger partial charge is 0.227 e. The van der Waals surface area contributed by atoms with Crippen LogP contribution in [0.15, 0.2) is 162 Å². The molecular formula is C46H26N4OS. The van der Waals surface area contributed by atoms with Crippen LogP contribution in [0.4, 0.5) is 0 Å². The van der Waals surface area contributed by atoms with Crippen molar-refractivity contribution in [3.8, 4) is 45.6 Å². The average Bonchev–Trinajstić information content (AvgIpc) is 3.84. The Morgan fingerprint density at radius 1 is 0.404 bits per heavy atom. The number of hydrogen-bond donors (Lipinski definition) is 0. The summed E-state index contributed by atoms with van der Waals surface area (Å²) in [6.45, 7) is 0. The van der Waals surface area contributed by atoms with E-state index in [1.165, 1.54) is 15.5 Å². The van der Waals surface area contributed by atoms with Gasteiger partial charge in [-0.1, -0.05) is 127 Å². The topological polar surface area (TPSA) is 64.7 Å². The molecule has 8 aromatic carbocycles. The van der Waals surface area contributed by atoms with Gasteiger partial charge in [0.2, 0.25) is 5.89 Å². The molecular weight excluding hydrogens is 657 g/mol. The Kier molecular flexibility index (Phi) is 6.35. The van der Waals surface area contributed by atoms with Gasteiger partial charge in [0.25, 0.3) is 0 Å². The molecule has 0 bridgehead atoms. The lowest BCUT2D eigenvalue weighted by molar-refractivity contribution is 0.623. The molecule has 0 aliphatic rings. The van der Waals surface area contributed by atoms with E-state index >= 15 is 0 Å². The normalized spacial score (nSPS) is 11.8. The monoisotopic (exact) mass is 682 g/mol. The van der Waals surface area contributed by atoms with E-state index < -0.39 is 0 Å². The van der Waals surface area contributed by atoms with Crippen LogP contribution in [-0.2, 0) is 0 Å². The second kappa shape index (κ2) is 11.4. The van der Waals surface area contributed by atoms with Crippen molar-refractivity contribution in [1.82, 2.24) is 19.9 Å². The first-order valence-electron chi connectivity index (χ1n) is 17.2. The molecule has 6 heteroatoms. The second-order valence-electron chi connectivity index (χ2n) is 13.0. The number of nitrogens with zero attached hydrogens (tertiary/aromatic N) is 4. The van der Waals surface area contributed by atoms with Gasteiger partial charge in [0.1, 0.15) is 5.52 Å². The van der Waals surface area contributed by atoms with Crippen molar-refractivity contribution in [2.45, 2.75) is 0 Å². The number of aromatic nitrogens is 4. The third kappa shape index (κ3) is 4.48. The van der Waals surface area contributed by atoms with Crippen LogP contribution in [-0.4, -0.2) is 19.9 Å². The summed E-state index contributed by atoms with van der Waals surface area (Å²) in [5, 5.41) is 8.86. The molecule has 3 heterocycles. The minimum atomic E-state index is 0.606. The summed E-state index contributed by atoms with van der Waals surface area (Å²) in [6, 6.07) is 54.5. The van der Waals surface area contributed by atoms with E-state index in [0.29, 0.717) is 23.4 Å². The van der Waals surface area contributed by atoms with Gasteiger partial charge in [-0.3, -0.25) is 0 Å². The number of benzene rings is 8. The molecule has 11 aromatic rings. The first-order valence-corrected chi connectivity index (χ1v) is 18.0. The highest BCUT2D eigenvalue weighted by Crippen LogP contribution is 2.41. The molecule has 11 rings (SSSR count). The van der Waals surface area contributed by atoms with Gasteiger partial charge < -0.3 is 4.42 Å². The van der Waals surface area contributed by atoms with E-state index in [2.05, 4.69) is 121 Å². The van der Waals surface area contributed by atoms with Gasteiger partial charge in [-0.15, -0.1) is 11.3 Å². The fraction of sp³-hybridized carbons (Fsp3) is 0. The van der Waals surface area contributed by atoms with Gasteiger partial charge in [0.15, 0.2) is 23.1 Å². The summed E-state index contributed by atoms with van der Waals surface area (Å²) in [6.07, 6.45) is 0. The van der Waals surface area contributed by atoms with Gasteiger partial charge in [0.05, 0.1) is 0 Å². The van der Waals surface area contributed by atoms with Gasteiger partial charge in [-0.2, -0.15) is 0 Å². The minimum Gasteiger partial charge on any atom is -0.435 e. The van der Waals surface area contributed by atoms with Crippen molar-refractivity contribution in [2.24, 2.45) is 0 Å². The Morgan fingerprint density at radius 2 is 1.06 bits per heavy atom. The van der Waals surface area contributed by atoms with E-state index in [-0.39, 0.29) is 0 Å². The maximum Gasteiger partial charge on any atom is 0.227 e. The Bertz CT molecular complexity index is 3200. The molecule has 0 amide bonds. The first kappa shape index (κ1) is 29.0. The van der Waals surface area contributed by atoms with E-state index in [1.807, 2.05) is 36.4 Å². The largest absolute Gasteiger partial charge is 0.435 e. The summed E-state index contributed by atoms with van der Waals surface area (Å²) in [7, 11) is 0. The van der Waals surface area contributed by atoms with E-state index in [1.54, 1.807) is 11.3 Å². The quantitative estimate of drug-likeness (QED) is 0.173. The third-order valence-electron chi connectivity index (χ3n) is 9.95. The zero-order chi connectivity index (χ0) is 34.2. The standard InChI is InChI=1S/C46H26N4OS/c1-2-13-28(14-3-1)46-47-40-33-25-24-29(26-38(33)31-17-6-7-19-34(31)41(40)51-46)43-48-44(36-21-10-15-27-12-4-5-16-30(27)36)50-45(49-43)37-22-11-20-35-32-18-8-9-23-39(32)52-42(35)37/h1-26H. The predicted octanol–water partition coefficient (Wildman–Crippen LogP) is 12.5. The summed E-state index contributed by atoms with van der Waals surface area (Å²) in [4.78, 5) is 20.7. The van der Waals surface area contributed by atoms with Crippen molar-refractivity contribution in [3.63, 3.8) is 0 Å². The highest BCUT2D eigenvalue weighted by Gasteiger charge is 2.20. The van der Waals surface area contributed by atoms with Crippen molar-refractivity contribution < 1.29 is 4.42 Å². The molecule has 0 saturated carbocycles. The highest BCUT2D eigenvalue weighted by atomic mass is 32.1. The van der Waals surface area contributed by atoms with Crippen LogP contribution in [0, 0.1) is 0 Å².